The van der Waals surface area contributed by atoms with Crippen LogP contribution in [0.15, 0.2) is 36.7 Å². The minimum Gasteiger partial charge on any atom is -0.493 e. The number of carbonyl (C=O) groups is 1. The molecule has 2 aliphatic heterocycles. The lowest BCUT2D eigenvalue weighted by molar-refractivity contribution is 0.0680. The predicted molar refractivity (Wildman–Crippen MR) is 137 cm³/mol. The number of anilines is 2. The highest BCUT2D eigenvalue weighted by molar-refractivity contribution is 6.32. The summed E-state index contributed by atoms with van der Waals surface area (Å²) in [5.74, 6) is 0.761. The van der Waals surface area contributed by atoms with Crippen molar-refractivity contribution in [1.82, 2.24) is 15.3 Å². The molecule has 0 bridgehead atoms. The van der Waals surface area contributed by atoms with Crippen LogP contribution in [0.1, 0.15) is 41.2 Å². The number of hydrogen-bond acceptors (Lipinski definition) is 7. The molecular weight excluding hydrogens is 484 g/mol. The number of nitrogens with one attached hydrogen (secondary N) is 3. The number of H-pyrrole nitrogens is 1. The number of para-hydroxylation sites is 1. The van der Waals surface area contributed by atoms with E-state index in [1.54, 1.807) is 25.6 Å². The third-order valence-electron chi connectivity index (χ3n) is 6.58. The Hall–Kier alpha value is -3.27. The van der Waals surface area contributed by atoms with Gasteiger partial charge in [-0.3, -0.25) is 9.78 Å². The molecule has 1 aromatic carbocycles. The molecule has 36 heavy (non-hydrogen) atoms. The number of nitrogens with zero attached hydrogens (tertiary/aromatic N) is 1. The van der Waals surface area contributed by atoms with Crippen LogP contribution in [0.2, 0.25) is 5.02 Å². The van der Waals surface area contributed by atoms with Crippen LogP contribution in [-0.4, -0.2) is 60.6 Å². The highest BCUT2D eigenvalue weighted by atomic mass is 35.5. The minimum atomic E-state index is -0.207. The summed E-state index contributed by atoms with van der Waals surface area (Å²) in [6, 6.07) is 7.23. The maximum atomic E-state index is 13.1. The summed E-state index contributed by atoms with van der Waals surface area (Å²) in [5.41, 5.74) is 3.84. The monoisotopic (exact) mass is 512 g/mol. The molecule has 1 amide bonds. The van der Waals surface area contributed by atoms with Crippen molar-refractivity contribution in [3.63, 3.8) is 0 Å². The molecule has 1 saturated heterocycles. The number of aliphatic hydroxyl groups is 1. The van der Waals surface area contributed by atoms with E-state index >= 15 is 0 Å². The average Bonchev–Trinajstić information content (AvgIpc) is 3.54. The van der Waals surface area contributed by atoms with E-state index in [4.69, 9.17) is 25.8 Å². The highest BCUT2D eigenvalue weighted by Gasteiger charge is 2.33. The van der Waals surface area contributed by atoms with Gasteiger partial charge in [-0.25, -0.2) is 0 Å². The zero-order valence-electron chi connectivity index (χ0n) is 20.0. The molecule has 0 spiro atoms. The molecule has 0 aliphatic carbocycles. The molecule has 0 saturated carbocycles. The first kappa shape index (κ1) is 24.4. The van der Waals surface area contributed by atoms with Gasteiger partial charge in [0.15, 0.2) is 5.75 Å². The van der Waals surface area contributed by atoms with Crippen LogP contribution in [0.25, 0.3) is 11.3 Å². The first-order valence-corrected chi connectivity index (χ1v) is 12.4. The van der Waals surface area contributed by atoms with Gasteiger partial charge in [-0.1, -0.05) is 17.7 Å². The summed E-state index contributed by atoms with van der Waals surface area (Å²) in [5, 5.41) is 16.4. The molecule has 3 aromatic rings. The van der Waals surface area contributed by atoms with E-state index in [1.807, 2.05) is 18.2 Å². The standard InChI is InChI=1S/C26H29ClN4O5/c1-34-25-18(27)5-2-6-19(25)30-24-21-22(15(8-10-32)12-29-26(21)33)31-23(24)17-7-9-28-13-20(17)36-14-16-4-3-11-35-16/h2,5-7,9,13,15-16,30-32H,3-4,8,10-12,14H2,1H3,(H,29,33). The Morgan fingerprint density at radius 2 is 2.22 bits per heavy atom. The molecule has 190 valence electrons. The lowest BCUT2D eigenvalue weighted by Crippen LogP contribution is -2.35. The van der Waals surface area contributed by atoms with Crippen LogP contribution in [-0.2, 0) is 4.74 Å². The highest BCUT2D eigenvalue weighted by Crippen LogP contribution is 2.44. The summed E-state index contributed by atoms with van der Waals surface area (Å²) in [4.78, 5) is 20.9. The van der Waals surface area contributed by atoms with Gasteiger partial charge in [0.2, 0.25) is 0 Å². The number of pyridine rings is 1. The topological polar surface area (TPSA) is 118 Å². The molecule has 2 aliphatic rings. The number of fused-ring (bicyclic) bond motifs is 1. The van der Waals surface area contributed by atoms with Crippen molar-refractivity contribution in [3.05, 3.63) is 52.9 Å². The molecule has 4 N–H and O–H groups in total. The zero-order valence-corrected chi connectivity index (χ0v) is 20.7. The van der Waals surface area contributed by atoms with Gasteiger partial charge >= 0.3 is 0 Å². The third kappa shape index (κ3) is 4.74. The molecule has 10 heteroatoms. The molecule has 9 nitrogen and oxygen atoms in total. The molecule has 2 atom stereocenters. The molecular formula is C26H29ClN4O5. The fourth-order valence-electron chi connectivity index (χ4n) is 4.81. The Morgan fingerprint density at radius 3 is 3.00 bits per heavy atom. The fourth-order valence-corrected chi connectivity index (χ4v) is 5.06. The van der Waals surface area contributed by atoms with Crippen LogP contribution in [0.5, 0.6) is 11.5 Å². The smallest absolute Gasteiger partial charge is 0.255 e. The Balaban J connectivity index is 1.62. The number of aliphatic hydroxyl groups excluding tert-OH is 1. The van der Waals surface area contributed by atoms with Gasteiger partial charge in [-0.15, -0.1) is 0 Å². The summed E-state index contributed by atoms with van der Waals surface area (Å²) in [6.07, 6.45) is 5.88. The number of amides is 1. The number of hydrogen-bond donors (Lipinski definition) is 4. The summed E-state index contributed by atoms with van der Waals surface area (Å²) in [6.45, 7) is 1.60. The second-order valence-electron chi connectivity index (χ2n) is 8.85. The molecule has 2 aromatic heterocycles. The van der Waals surface area contributed by atoms with E-state index in [0.29, 0.717) is 58.7 Å². The van der Waals surface area contributed by atoms with Crippen molar-refractivity contribution in [2.24, 2.45) is 0 Å². The number of rotatable bonds is 9. The van der Waals surface area contributed by atoms with Gasteiger partial charge in [0.05, 0.1) is 47.1 Å². The van der Waals surface area contributed by atoms with Gasteiger partial charge < -0.3 is 34.9 Å². The Bertz CT molecular complexity index is 1240. The first-order chi connectivity index (χ1) is 17.6. The predicted octanol–water partition coefficient (Wildman–Crippen LogP) is 4.25. The molecule has 4 heterocycles. The van der Waals surface area contributed by atoms with Gasteiger partial charge in [0.1, 0.15) is 12.4 Å². The van der Waals surface area contributed by atoms with Crippen molar-refractivity contribution < 1.29 is 24.1 Å². The largest absolute Gasteiger partial charge is 0.493 e. The van der Waals surface area contributed by atoms with Crippen molar-refractivity contribution >= 4 is 28.9 Å². The van der Waals surface area contributed by atoms with Gasteiger partial charge in [0, 0.05) is 43.1 Å². The number of aromatic amines is 1. The fraction of sp³-hybridized carbons (Fsp3) is 0.385. The number of methoxy groups -OCH3 is 1. The summed E-state index contributed by atoms with van der Waals surface area (Å²) < 4.78 is 17.4. The van der Waals surface area contributed by atoms with Crippen molar-refractivity contribution in [3.8, 4) is 22.8 Å². The molecule has 2 unspecified atom stereocenters. The van der Waals surface area contributed by atoms with E-state index in [2.05, 4.69) is 20.6 Å². The SMILES string of the molecule is COc1c(Cl)cccc1Nc1c(-c2ccncc2OCC2CCCO2)[nH]c2c1C(=O)NCC2CCO. The second kappa shape index (κ2) is 10.8. The molecule has 5 rings (SSSR count). The quantitative estimate of drug-likeness (QED) is 0.338. The van der Waals surface area contributed by atoms with E-state index in [-0.39, 0.29) is 24.5 Å². The molecule has 0 radical (unpaired) electrons. The lowest BCUT2D eigenvalue weighted by atomic mass is 9.94. The van der Waals surface area contributed by atoms with E-state index in [1.165, 1.54) is 0 Å². The number of halogens is 1. The van der Waals surface area contributed by atoms with Crippen LogP contribution in [0.4, 0.5) is 11.4 Å². The number of benzene rings is 1. The Labute approximate surface area is 214 Å². The van der Waals surface area contributed by atoms with Crippen LogP contribution < -0.4 is 20.1 Å². The van der Waals surface area contributed by atoms with Crippen molar-refractivity contribution in [1.29, 1.82) is 0 Å². The lowest BCUT2D eigenvalue weighted by Gasteiger charge is -2.23. The zero-order chi connectivity index (χ0) is 25.1. The Morgan fingerprint density at radius 1 is 1.33 bits per heavy atom. The van der Waals surface area contributed by atoms with E-state index in [9.17, 15) is 9.90 Å². The normalized spacial score (nSPS) is 19.0. The maximum Gasteiger partial charge on any atom is 0.255 e. The van der Waals surface area contributed by atoms with E-state index in [0.717, 1.165) is 30.7 Å². The van der Waals surface area contributed by atoms with Crippen molar-refractivity contribution in [2.75, 3.05) is 38.8 Å². The minimum absolute atomic E-state index is 0.00418. The number of carbonyl (C=O) groups excluding carboxylic acids is 1. The third-order valence-corrected chi connectivity index (χ3v) is 6.88. The summed E-state index contributed by atoms with van der Waals surface area (Å²) in [7, 11) is 1.55. The average molecular weight is 513 g/mol. The van der Waals surface area contributed by atoms with Crippen LogP contribution in [0, 0.1) is 0 Å². The molecule has 1 fully saturated rings. The maximum absolute atomic E-state index is 13.1. The first-order valence-electron chi connectivity index (χ1n) is 12.0. The summed E-state index contributed by atoms with van der Waals surface area (Å²) >= 11 is 6.37. The van der Waals surface area contributed by atoms with Crippen molar-refractivity contribution in [2.45, 2.75) is 31.3 Å². The number of ether oxygens (including phenoxy) is 3. The van der Waals surface area contributed by atoms with Gasteiger partial charge in [-0.2, -0.15) is 0 Å². The van der Waals surface area contributed by atoms with E-state index < -0.39 is 0 Å². The Kier molecular flexibility index (Phi) is 7.31. The van der Waals surface area contributed by atoms with Crippen LogP contribution in [0.3, 0.4) is 0 Å². The van der Waals surface area contributed by atoms with Crippen LogP contribution >= 0.6 is 11.6 Å². The van der Waals surface area contributed by atoms with Gasteiger partial charge in [0.25, 0.3) is 5.91 Å². The second-order valence-corrected chi connectivity index (χ2v) is 9.25. The number of aromatic nitrogens is 2. The van der Waals surface area contributed by atoms with Gasteiger partial charge in [-0.05, 0) is 37.5 Å².